The highest BCUT2D eigenvalue weighted by atomic mass is 32.2. The van der Waals surface area contributed by atoms with Crippen LogP contribution >= 0.6 is 0 Å². The summed E-state index contributed by atoms with van der Waals surface area (Å²) in [5.41, 5.74) is 0.637. The van der Waals surface area contributed by atoms with Gasteiger partial charge in [0.2, 0.25) is 11.8 Å². The molecule has 0 radical (unpaired) electrons. The number of benzene rings is 1. The Bertz CT molecular complexity index is 779. The lowest BCUT2D eigenvalue weighted by molar-refractivity contribution is -0.138. The second kappa shape index (κ2) is 10.7. The van der Waals surface area contributed by atoms with Crippen LogP contribution in [-0.4, -0.2) is 85.0 Å². The zero-order valence-corrected chi connectivity index (χ0v) is 16.1. The number of amides is 2. The fourth-order valence-electron chi connectivity index (χ4n) is 2.71. The summed E-state index contributed by atoms with van der Waals surface area (Å²) in [6.07, 6.45) is 0.693. The number of rotatable bonds is 5. The van der Waals surface area contributed by atoms with Crippen molar-refractivity contribution in [1.82, 2.24) is 10.2 Å². The lowest BCUT2D eigenvalue weighted by atomic mass is 10.0. The standard InChI is InChI=1S/C16H22N2O6S.CH2O2/c1-25(23,24)12-4-2-11(3-5-12)8-15(21)17-13-9-18(16(22)10-19)7-6-14(13)20;2-1-3/h2-5,13-14,19-20H,6-10H2,1H3,(H,17,21);1H,(H,2,3)/t13-,14-;/m1./s1. The SMILES string of the molecule is CS(=O)(=O)c1ccc(CC(=O)N[C@@H]2CN(C(=O)CO)CC[C@H]2O)cc1.O=CO. The number of nitrogens with one attached hydrogen (secondary N) is 1. The number of nitrogens with zero attached hydrogens (tertiary/aromatic N) is 1. The van der Waals surface area contributed by atoms with Crippen molar-refractivity contribution in [3.63, 3.8) is 0 Å². The summed E-state index contributed by atoms with van der Waals surface area (Å²) in [6.45, 7) is -0.386. The molecule has 1 aliphatic rings. The number of carbonyl (C=O) groups is 3. The highest BCUT2D eigenvalue weighted by Gasteiger charge is 2.30. The number of piperidine rings is 1. The summed E-state index contributed by atoms with van der Waals surface area (Å²) >= 11 is 0. The number of hydrogen-bond acceptors (Lipinski definition) is 7. The highest BCUT2D eigenvalue weighted by molar-refractivity contribution is 7.90. The van der Waals surface area contributed by atoms with Crippen molar-refractivity contribution >= 4 is 28.1 Å². The number of hydrogen-bond donors (Lipinski definition) is 4. The number of aliphatic hydroxyl groups is 2. The van der Waals surface area contributed by atoms with Crippen LogP contribution in [0.25, 0.3) is 0 Å². The third-order valence-electron chi connectivity index (χ3n) is 4.13. The minimum Gasteiger partial charge on any atom is -0.483 e. The molecule has 0 saturated carbocycles. The van der Waals surface area contributed by atoms with Crippen LogP contribution in [0.5, 0.6) is 0 Å². The Morgan fingerprint density at radius 1 is 1.29 bits per heavy atom. The minimum atomic E-state index is -3.29. The van der Waals surface area contributed by atoms with Gasteiger partial charge in [0.05, 0.1) is 23.5 Å². The van der Waals surface area contributed by atoms with Gasteiger partial charge in [-0.1, -0.05) is 12.1 Å². The first-order chi connectivity index (χ1) is 13.1. The average molecular weight is 416 g/mol. The lowest BCUT2D eigenvalue weighted by Crippen LogP contribution is -2.57. The topological polar surface area (TPSA) is 161 Å². The monoisotopic (exact) mass is 416 g/mol. The van der Waals surface area contributed by atoms with E-state index in [4.69, 9.17) is 15.0 Å². The molecule has 28 heavy (non-hydrogen) atoms. The van der Waals surface area contributed by atoms with E-state index in [1.807, 2.05) is 0 Å². The summed E-state index contributed by atoms with van der Waals surface area (Å²) in [5, 5.41) is 28.5. The van der Waals surface area contributed by atoms with E-state index in [0.717, 1.165) is 6.26 Å². The first-order valence-electron chi connectivity index (χ1n) is 8.35. The zero-order valence-electron chi connectivity index (χ0n) is 15.3. The Hall–Kier alpha value is -2.50. The molecular formula is C17H24N2O8S. The number of sulfone groups is 1. The Labute approximate surface area is 162 Å². The molecule has 1 heterocycles. The quantitative estimate of drug-likeness (QED) is 0.418. The van der Waals surface area contributed by atoms with Gasteiger partial charge in [0.1, 0.15) is 6.61 Å². The molecule has 10 nitrogen and oxygen atoms in total. The van der Waals surface area contributed by atoms with E-state index in [-0.39, 0.29) is 30.2 Å². The van der Waals surface area contributed by atoms with E-state index in [9.17, 15) is 23.1 Å². The molecule has 1 saturated heterocycles. The zero-order chi connectivity index (χ0) is 21.3. The molecule has 11 heteroatoms. The van der Waals surface area contributed by atoms with Crippen molar-refractivity contribution in [2.24, 2.45) is 0 Å². The summed E-state index contributed by atoms with van der Waals surface area (Å²) in [6, 6.07) is 5.40. The van der Waals surface area contributed by atoms with Crippen LogP contribution in [0.1, 0.15) is 12.0 Å². The van der Waals surface area contributed by atoms with Crippen LogP contribution in [0.4, 0.5) is 0 Å². The molecule has 1 fully saturated rings. The van der Waals surface area contributed by atoms with Crippen LogP contribution in [0, 0.1) is 0 Å². The van der Waals surface area contributed by atoms with Gasteiger partial charge in [-0.3, -0.25) is 14.4 Å². The molecule has 156 valence electrons. The molecule has 1 aromatic rings. The molecule has 0 spiro atoms. The first kappa shape index (κ1) is 23.5. The Kier molecular flexibility index (Phi) is 9.03. The van der Waals surface area contributed by atoms with Crippen LogP contribution in [0.15, 0.2) is 29.2 Å². The van der Waals surface area contributed by atoms with Gasteiger partial charge in [-0.05, 0) is 24.1 Å². The second-order valence-electron chi connectivity index (χ2n) is 6.23. The maximum atomic E-state index is 12.2. The summed E-state index contributed by atoms with van der Waals surface area (Å²) < 4.78 is 22.8. The van der Waals surface area contributed by atoms with Crippen molar-refractivity contribution in [2.75, 3.05) is 26.0 Å². The molecule has 2 rings (SSSR count). The Morgan fingerprint density at radius 3 is 2.36 bits per heavy atom. The maximum Gasteiger partial charge on any atom is 0.290 e. The van der Waals surface area contributed by atoms with Gasteiger partial charge in [0.15, 0.2) is 9.84 Å². The normalized spacial score (nSPS) is 19.2. The van der Waals surface area contributed by atoms with Gasteiger partial charge in [-0.25, -0.2) is 8.42 Å². The predicted octanol–water partition coefficient (Wildman–Crippen LogP) is -1.60. The summed E-state index contributed by atoms with van der Waals surface area (Å²) in [4.78, 5) is 33.6. The van der Waals surface area contributed by atoms with Crippen molar-refractivity contribution in [1.29, 1.82) is 0 Å². The summed E-state index contributed by atoms with van der Waals surface area (Å²) in [5.74, 6) is -0.781. The van der Waals surface area contributed by atoms with Gasteiger partial charge >= 0.3 is 0 Å². The second-order valence-corrected chi connectivity index (χ2v) is 8.24. The molecule has 0 unspecified atom stereocenters. The van der Waals surface area contributed by atoms with E-state index in [2.05, 4.69) is 5.32 Å². The average Bonchev–Trinajstić information content (AvgIpc) is 2.63. The first-order valence-corrected chi connectivity index (χ1v) is 10.2. The lowest BCUT2D eigenvalue weighted by Gasteiger charge is -2.36. The number of aliphatic hydroxyl groups excluding tert-OH is 2. The molecule has 0 bridgehead atoms. The van der Waals surface area contributed by atoms with Crippen LogP contribution in [0.2, 0.25) is 0 Å². The smallest absolute Gasteiger partial charge is 0.290 e. The molecule has 4 N–H and O–H groups in total. The van der Waals surface area contributed by atoms with Crippen LogP contribution in [0.3, 0.4) is 0 Å². The third kappa shape index (κ3) is 7.25. The largest absolute Gasteiger partial charge is 0.483 e. The van der Waals surface area contributed by atoms with Crippen molar-refractivity contribution in [3.05, 3.63) is 29.8 Å². The third-order valence-corrected chi connectivity index (χ3v) is 5.26. The minimum absolute atomic E-state index is 0.0290. The van der Waals surface area contributed by atoms with Crippen LogP contribution < -0.4 is 5.32 Å². The van der Waals surface area contributed by atoms with E-state index < -0.39 is 34.5 Å². The number of carbonyl (C=O) groups excluding carboxylic acids is 2. The molecular weight excluding hydrogens is 392 g/mol. The molecule has 2 atom stereocenters. The van der Waals surface area contributed by atoms with Crippen molar-refractivity contribution < 1.29 is 38.1 Å². The van der Waals surface area contributed by atoms with Crippen molar-refractivity contribution in [2.45, 2.75) is 29.9 Å². The van der Waals surface area contributed by atoms with E-state index in [0.29, 0.717) is 18.5 Å². The Morgan fingerprint density at radius 2 is 1.86 bits per heavy atom. The highest BCUT2D eigenvalue weighted by Crippen LogP contribution is 2.13. The fourth-order valence-corrected chi connectivity index (χ4v) is 3.34. The molecule has 2 amide bonds. The van der Waals surface area contributed by atoms with Gasteiger partial charge in [-0.2, -0.15) is 0 Å². The number of likely N-dealkylation sites (tertiary alicyclic amines) is 1. The van der Waals surface area contributed by atoms with E-state index >= 15 is 0 Å². The van der Waals surface area contributed by atoms with Gasteiger partial charge < -0.3 is 25.5 Å². The molecule has 0 aliphatic carbocycles. The summed E-state index contributed by atoms with van der Waals surface area (Å²) in [7, 11) is -3.29. The van der Waals surface area contributed by atoms with Crippen molar-refractivity contribution in [3.8, 4) is 0 Å². The van der Waals surface area contributed by atoms with Gasteiger partial charge in [0, 0.05) is 19.3 Å². The van der Waals surface area contributed by atoms with Crippen LogP contribution in [-0.2, 0) is 30.6 Å². The van der Waals surface area contributed by atoms with E-state index in [1.165, 1.54) is 17.0 Å². The Balaban J connectivity index is 0.00000122. The molecule has 0 aromatic heterocycles. The molecule has 1 aliphatic heterocycles. The van der Waals surface area contributed by atoms with E-state index in [1.54, 1.807) is 12.1 Å². The number of carboxylic acid groups (broad SMARTS) is 1. The van der Waals surface area contributed by atoms with Gasteiger partial charge in [-0.15, -0.1) is 0 Å². The van der Waals surface area contributed by atoms with Gasteiger partial charge in [0.25, 0.3) is 6.47 Å². The predicted molar refractivity (Wildman–Crippen MR) is 98.2 cm³/mol. The molecule has 1 aromatic carbocycles. The maximum absolute atomic E-state index is 12.2. The fraction of sp³-hybridized carbons (Fsp3) is 0.471.